The summed E-state index contributed by atoms with van der Waals surface area (Å²) in [6, 6.07) is 0.337. The first-order valence-electron chi connectivity index (χ1n) is 7.54. The second kappa shape index (κ2) is 6.88. The van der Waals surface area contributed by atoms with Gasteiger partial charge in [0.2, 0.25) is 0 Å². The summed E-state index contributed by atoms with van der Waals surface area (Å²) >= 11 is 0. The van der Waals surface area contributed by atoms with E-state index in [1.807, 2.05) is 6.92 Å². The van der Waals surface area contributed by atoms with Gasteiger partial charge in [0.25, 0.3) is 0 Å². The van der Waals surface area contributed by atoms with Crippen LogP contribution in [-0.4, -0.2) is 29.3 Å². The van der Waals surface area contributed by atoms with Gasteiger partial charge in [-0.3, -0.25) is 0 Å². The molecule has 2 atom stereocenters. The summed E-state index contributed by atoms with van der Waals surface area (Å²) in [7, 11) is 0. The second-order valence-corrected chi connectivity index (χ2v) is 6.70. The largest absolute Gasteiger partial charge is 0.393 e. The molecule has 0 spiro atoms. The van der Waals surface area contributed by atoms with Gasteiger partial charge in [-0.15, -0.1) is 0 Å². The van der Waals surface area contributed by atoms with Crippen LogP contribution in [0.2, 0.25) is 0 Å². The fourth-order valence-electron chi connectivity index (χ4n) is 3.36. The average molecular weight is 256 g/mol. The Labute approximate surface area is 113 Å². The first kappa shape index (κ1) is 15.9. The number of aliphatic hydroxyl groups excluding tert-OH is 1. The Bertz CT molecular complexity index is 233. The third-order valence-electron chi connectivity index (χ3n) is 4.57. The molecule has 1 aliphatic carbocycles. The first-order chi connectivity index (χ1) is 8.38. The highest BCUT2D eigenvalue weighted by molar-refractivity contribution is 4.95. The summed E-state index contributed by atoms with van der Waals surface area (Å²) in [4.78, 5) is 0. The highest BCUT2D eigenvalue weighted by Crippen LogP contribution is 2.35. The molecule has 2 unspecified atom stereocenters. The maximum absolute atomic E-state index is 9.45. The monoisotopic (exact) mass is 256 g/mol. The molecule has 0 aromatic rings. The van der Waals surface area contributed by atoms with Crippen LogP contribution in [0.3, 0.4) is 0 Å². The Hall–Kier alpha value is -0.120. The Morgan fingerprint density at radius 1 is 1.22 bits per heavy atom. The summed E-state index contributed by atoms with van der Waals surface area (Å²) in [5.41, 5.74) is 6.12. The van der Waals surface area contributed by atoms with E-state index in [2.05, 4.69) is 26.1 Å². The molecule has 4 N–H and O–H groups in total. The molecule has 0 aromatic carbocycles. The predicted molar refractivity (Wildman–Crippen MR) is 77.5 cm³/mol. The summed E-state index contributed by atoms with van der Waals surface area (Å²) in [6.45, 7) is 9.36. The van der Waals surface area contributed by atoms with Gasteiger partial charge in [-0.25, -0.2) is 0 Å². The predicted octanol–water partition coefficient (Wildman–Crippen LogP) is 2.28. The van der Waals surface area contributed by atoms with Gasteiger partial charge in [0, 0.05) is 18.1 Å². The van der Waals surface area contributed by atoms with Crippen molar-refractivity contribution in [2.75, 3.05) is 6.54 Å². The van der Waals surface area contributed by atoms with Gasteiger partial charge in [0.1, 0.15) is 0 Å². The van der Waals surface area contributed by atoms with Crippen molar-refractivity contribution in [2.45, 2.75) is 77.5 Å². The van der Waals surface area contributed by atoms with Crippen LogP contribution in [0.1, 0.15) is 59.8 Å². The van der Waals surface area contributed by atoms with E-state index in [0.717, 1.165) is 18.3 Å². The van der Waals surface area contributed by atoms with Gasteiger partial charge in [0.05, 0.1) is 6.10 Å². The van der Waals surface area contributed by atoms with Crippen molar-refractivity contribution >= 4 is 0 Å². The molecular weight excluding hydrogens is 224 g/mol. The van der Waals surface area contributed by atoms with Crippen molar-refractivity contribution in [3.8, 4) is 0 Å². The van der Waals surface area contributed by atoms with E-state index in [1.54, 1.807) is 0 Å². The fourth-order valence-corrected chi connectivity index (χ4v) is 3.36. The fraction of sp³-hybridized carbons (Fsp3) is 1.00. The van der Waals surface area contributed by atoms with E-state index in [-0.39, 0.29) is 11.6 Å². The smallest absolute Gasteiger partial charge is 0.0526 e. The topological polar surface area (TPSA) is 58.3 Å². The highest BCUT2D eigenvalue weighted by atomic mass is 16.3. The van der Waals surface area contributed by atoms with Gasteiger partial charge in [0.15, 0.2) is 0 Å². The van der Waals surface area contributed by atoms with Crippen LogP contribution in [-0.2, 0) is 0 Å². The number of hydrogen-bond acceptors (Lipinski definition) is 3. The lowest BCUT2D eigenvalue weighted by molar-refractivity contribution is 0.128. The average Bonchev–Trinajstić information content (AvgIpc) is 2.28. The van der Waals surface area contributed by atoms with Crippen molar-refractivity contribution < 1.29 is 5.11 Å². The highest BCUT2D eigenvalue weighted by Gasteiger charge is 2.35. The normalized spacial score (nSPS) is 32.5. The quantitative estimate of drug-likeness (QED) is 0.683. The standard InChI is InChI=1S/C15H32N2O/c1-11(2)14-5-7-15(10-16,8-6-14)17-12(3)9-13(4)18/h11-14,17-18H,5-10,16H2,1-4H3. The first-order valence-corrected chi connectivity index (χ1v) is 7.54. The molecule has 0 saturated heterocycles. The van der Waals surface area contributed by atoms with Crippen LogP contribution in [0.4, 0.5) is 0 Å². The Kier molecular flexibility index (Phi) is 6.09. The Balaban J connectivity index is 2.50. The summed E-state index contributed by atoms with van der Waals surface area (Å²) in [6.07, 6.45) is 5.48. The lowest BCUT2D eigenvalue weighted by atomic mass is 9.72. The van der Waals surface area contributed by atoms with Crippen molar-refractivity contribution in [1.29, 1.82) is 0 Å². The molecule has 1 rings (SSSR count). The number of rotatable bonds is 6. The van der Waals surface area contributed by atoms with Crippen molar-refractivity contribution in [3.63, 3.8) is 0 Å². The third-order valence-corrected chi connectivity index (χ3v) is 4.57. The van der Waals surface area contributed by atoms with E-state index in [9.17, 15) is 5.11 Å². The van der Waals surface area contributed by atoms with Crippen LogP contribution in [0.15, 0.2) is 0 Å². The van der Waals surface area contributed by atoms with Crippen LogP contribution in [0.25, 0.3) is 0 Å². The maximum Gasteiger partial charge on any atom is 0.0526 e. The zero-order valence-electron chi connectivity index (χ0n) is 12.6. The number of hydrogen-bond donors (Lipinski definition) is 3. The van der Waals surface area contributed by atoms with Gasteiger partial charge in [-0.2, -0.15) is 0 Å². The number of nitrogens with one attached hydrogen (secondary N) is 1. The molecule has 1 saturated carbocycles. The van der Waals surface area contributed by atoms with E-state index in [0.29, 0.717) is 12.6 Å². The van der Waals surface area contributed by atoms with Crippen LogP contribution in [0.5, 0.6) is 0 Å². The summed E-state index contributed by atoms with van der Waals surface area (Å²) in [5, 5.41) is 13.1. The Morgan fingerprint density at radius 2 is 1.78 bits per heavy atom. The number of aliphatic hydroxyl groups is 1. The minimum atomic E-state index is -0.241. The van der Waals surface area contributed by atoms with Crippen LogP contribution < -0.4 is 11.1 Å². The zero-order valence-corrected chi connectivity index (χ0v) is 12.6. The van der Waals surface area contributed by atoms with Crippen molar-refractivity contribution in [2.24, 2.45) is 17.6 Å². The molecule has 0 amide bonds. The molecule has 1 aliphatic rings. The third kappa shape index (κ3) is 4.52. The zero-order chi connectivity index (χ0) is 13.8. The minimum Gasteiger partial charge on any atom is -0.393 e. The molecule has 1 fully saturated rings. The lowest BCUT2D eigenvalue weighted by Crippen LogP contribution is -2.56. The second-order valence-electron chi connectivity index (χ2n) is 6.70. The van der Waals surface area contributed by atoms with E-state index in [4.69, 9.17) is 5.73 Å². The van der Waals surface area contributed by atoms with E-state index >= 15 is 0 Å². The van der Waals surface area contributed by atoms with Crippen LogP contribution >= 0.6 is 0 Å². The molecule has 18 heavy (non-hydrogen) atoms. The minimum absolute atomic E-state index is 0.111. The van der Waals surface area contributed by atoms with Gasteiger partial charge >= 0.3 is 0 Å². The summed E-state index contributed by atoms with van der Waals surface area (Å²) < 4.78 is 0. The molecule has 0 aliphatic heterocycles. The van der Waals surface area contributed by atoms with Crippen LogP contribution in [0, 0.1) is 11.8 Å². The lowest BCUT2D eigenvalue weighted by Gasteiger charge is -2.43. The van der Waals surface area contributed by atoms with Gasteiger partial charge in [-0.1, -0.05) is 13.8 Å². The van der Waals surface area contributed by atoms with Gasteiger partial charge in [-0.05, 0) is 57.8 Å². The Morgan fingerprint density at radius 3 is 2.17 bits per heavy atom. The van der Waals surface area contributed by atoms with Crippen molar-refractivity contribution in [1.82, 2.24) is 5.32 Å². The molecule has 0 bridgehead atoms. The van der Waals surface area contributed by atoms with E-state index in [1.165, 1.54) is 25.7 Å². The van der Waals surface area contributed by atoms with Gasteiger partial charge < -0.3 is 16.2 Å². The van der Waals surface area contributed by atoms with Crippen molar-refractivity contribution in [3.05, 3.63) is 0 Å². The molecule has 0 heterocycles. The molecule has 108 valence electrons. The molecule has 0 aromatic heterocycles. The number of nitrogens with two attached hydrogens (primary N) is 1. The van der Waals surface area contributed by atoms with E-state index < -0.39 is 0 Å². The molecular formula is C15H32N2O. The molecule has 0 radical (unpaired) electrons. The molecule has 3 nitrogen and oxygen atoms in total. The summed E-state index contributed by atoms with van der Waals surface area (Å²) in [5.74, 6) is 1.65. The molecule has 3 heteroatoms. The maximum atomic E-state index is 9.45. The SMILES string of the molecule is CC(O)CC(C)NC1(CN)CCC(C(C)C)CC1.